The van der Waals surface area contributed by atoms with Crippen LogP contribution >= 0.6 is 0 Å². The molecule has 3 rings (SSSR count). The molecule has 0 aromatic carbocycles. The first-order chi connectivity index (χ1) is 8.21. The number of hydrogen-bond donors (Lipinski definition) is 0. The van der Waals surface area contributed by atoms with Gasteiger partial charge in [-0.1, -0.05) is 0 Å². The topological polar surface area (TPSA) is 83.6 Å². The van der Waals surface area contributed by atoms with Gasteiger partial charge in [-0.05, 0) is 13.8 Å². The van der Waals surface area contributed by atoms with Crippen LogP contribution in [0.3, 0.4) is 0 Å². The molecule has 4 atom stereocenters. The molecule has 3 heterocycles. The van der Waals surface area contributed by atoms with Crippen LogP contribution in [0.4, 0.5) is 0 Å². The van der Waals surface area contributed by atoms with Crippen molar-refractivity contribution in [2.45, 2.75) is 43.7 Å². The summed E-state index contributed by atoms with van der Waals surface area (Å²) in [5.74, 6) is -1.65. The van der Waals surface area contributed by atoms with Crippen LogP contribution in [0.1, 0.15) is 13.8 Å². The summed E-state index contributed by atoms with van der Waals surface area (Å²) < 4.78 is 49.4. The molecule has 4 unspecified atom stereocenters. The summed E-state index contributed by atoms with van der Waals surface area (Å²) in [6, 6.07) is 0. The van der Waals surface area contributed by atoms with Gasteiger partial charge in [-0.15, -0.1) is 0 Å². The largest absolute Gasteiger partial charge is 0.361 e. The second-order valence-corrected chi connectivity index (χ2v) is 6.87. The molecule has 104 valence electrons. The fourth-order valence-corrected chi connectivity index (χ4v) is 3.04. The molecule has 0 N–H and O–H groups in total. The lowest BCUT2D eigenvalue weighted by atomic mass is 10.0. The fraction of sp³-hybridized carbons (Fsp3) is 1.00. The van der Waals surface area contributed by atoms with E-state index in [4.69, 9.17) is 23.1 Å². The monoisotopic (exact) mass is 280 g/mol. The Balaban J connectivity index is 1.70. The third-order valence-corrected chi connectivity index (χ3v) is 3.75. The number of ether oxygens (including phenoxy) is 4. The van der Waals surface area contributed by atoms with Crippen LogP contribution in [0.5, 0.6) is 0 Å². The lowest BCUT2D eigenvalue weighted by Crippen LogP contribution is -2.51. The maximum Gasteiger partial charge on any atom is 0.264 e. The first-order valence-corrected chi connectivity index (χ1v) is 7.54. The highest BCUT2D eigenvalue weighted by molar-refractivity contribution is 7.86. The first kappa shape index (κ1) is 12.8. The van der Waals surface area contributed by atoms with E-state index in [1.54, 1.807) is 13.8 Å². The summed E-state index contributed by atoms with van der Waals surface area (Å²) >= 11 is 0. The second kappa shape index (κ2) is 3.65. The molecule has 1 spiro atoms. The van der Waals surface area contributed by atoms with Gasteiger partial charge in [0.2, 0.25) is 5.79 Å². The number of hydrogen-bond acceptors (Lipinski definition) is 7. The van der Waals surface area contributed by atoms with Crippen LogP contribution in [0, 0.1) is 0 Å². The summed E-state index contributed by atoms with van der Waals surface area (Å²) in [6.45, 7) is 3.96. The van der Waals surface area contributed by atoms with E-state index in [2.05, 4.69) is 0 Å². The minimum Gasteiger partial charge on any atom is -0.361 e. The Morgan fingerprint density at radius 1 is 1.28 bits per heavy atom. The summed E-state index contributed by atoms with van der Waals surface area (Å²) in [5, 5.41) is 0. The quantitative estimate of drug-likeness (QED) is 0.503. The van der Waals surface area contributed by atoms with Gasteiger partial charge in [0, 0.05) is 0 Å². The molecular weight excluding hydrogens is 264 g/mol. The summed E-state index contributed by atoms with van der Waals surface area (Å²) in [6.07, 6.45) is -0.249. The number of epoxide rings is 1. The van der Waals surface area contributed by atoms with Gasteiger partial charge in [-0.2, -0.15) is 8.42 Å². The van der Waals surface area contributed by atoms with E-state index >= 15 is 0 Å². The van der Waals surface area contributed by atoms with Gasteiger partial charge >= 0.3 is 0 Å². The van der Waals surface area contributed by atoms with Crippen molar-refractivity contribution in [1.29, 1.82) is 0 Å². The predicted octanol–water partition coefficient (Wildman–Crippen LogP) is -0.392. The molecule has 0 saturated carbocycles. The molecule has 7 nitrogen and oxygen atoms in total. The summed E-state index contributed by atoms with van der Waals surface area (Å²) in [7, 11) is -3.52. The SMILES string of the molecule is CC1(C)OCC2(OCC(OS(C)(=O)=O)C3OC32)O1. The molecule has 8 heteroatoms. The van der Waals surface area contributed by atoms with Gasteiger partial charge < -0.3 is 18.9 Å². The van der Waals surface area contributed by atoms with Gasteiger partial charge in [0.25, 0.3) is 10.1 Å². The lowest BCUT2D eigenvalue weighted by Gasteiger charge is -2.32. The standard InChI is InChI=1S/C10H16O7S/c1-9(2)14-5-10(17-9)8-7(15-8)6(4-13-10)16-18(3,11)12/h6-8H,4-5H2,1-3H3. The minimum absolute atomic E-state index is 0.105. The van der Waals surface area contributed by atoms with Gasteiger partial charge in [0.15, 0.2) is 5.79 Å². The Kier molecular flexibility index (Phi) is 2.59. The maximum atomic E-state index is 11.1. The van der Waals surface area contributed by atoms with Gasteiger partial charge in [0.05, 0.1) is 12.9 Å². The summed E-state index contributed by atoms with van der Waals surface area (Å²) in [5.41, 5.74) is 0. The van der Waals surface area contributed by atoms with Crippen LogP contribution in [0.15, 0.2) is 0 Å². The van der Waals surface area contributed by atoms with E-state index in [-0.39, 0.29) is 25.4 Å². The van der Waals surface area contributed by atoms with Crippen LogP contribution in [0.25, 0.3) is 0 Å². The average molecular weight is 280 g/mol. The Morgan fingerprint density at radius 3 is 2.56 bits per heavy atom. The molecule has 18 heavy (non-hydrogen) atoms. The fourth-order valence-electron chi connectivity index (χ4n) is 2.43. The predicted molar refractivity (Wildman–Crippen MR) is 58.2 cm³/mol. The zero-order valence-electron chi connectivity index (χ0n) is 10.4. The van der Waals surface area contributed by atoms with Crippen LogP contribution in [0.2, 0.25) is 0 Å². The Labute approximate surface area is 105 Å². The maximum absolute atomic E-state index is 11.1. The van der Waals surface area contributed by atoms with Crippen molar-refractivity contribution in [3.05, 3.63) is 0 Å². The van der Waals surface area contributed by atoms with Crippen molar-refractivity contribution >= 4 is 10.1 Å². The molecule has 3 saturated heterocycles. The number of rotatable bonds is 2. The molecule has 0 aliphatic carbocycles. The van der Waals surface area contributed by atoms with Gasteiger partial charge in [-0.25, -0.2) is 0 Å². The van der Waals surface area contributed by atoms with E-state index in [0.29, 0.717) is 0 Å². The van der Waals surface area contributed by atoms with Crippen molar-refractivity contribution in [3.63, 3.8) is 0 Å². The van der Waals surface area contributed by atoms with E-state index in [9.17, 15) is 8.42 Å². The average Bonchev–Trinajstić information content (AvgIpc) is 2.93. The van der Waals surface area contributed by atoms with E-state index < -0.39 is 27.8 Å². The highest BCUT2D eigenvalue weighted by Gasteiger charge is 2.68. The zero-order valence-corrected chi connectivity index (χ0v) is 11.2. The molecule has 3 fully saturated rings. The van der Waals surface area contributed by atoms with E-state index in [1.165, 1.54) is 0 Å². The van der Waals surface area contributed by atoms with Crippen LogP contribution < -0.4 is 0 Å². The molecule has 0 aromatic rings. The Hall–Kier alpha value is -0.250. The normalized spacial score (nSPS) is 46.1. The smallest absolute Gasteiger partial charge is 0.264 e. The van der Waals surface area contributed by atoms with Gasteiger partial charge in [0.1, 0.15) is 24.9 Å². The lowest BCUT2D eigenvalue weighted by molar-refractivity contribution is -0.271. The van der Waals surface area contributed by atoms with Crippen LogP contribution in [-0.2, 0) is 33.2 Å². The molecule has 0 aromatic heterocycles. The molecule has 0 bridgehead atoms. The first-order valence-electron chi connectivity index (χ1n) is 5.73. The third-order valence-electron chi connectivity index (χ3n) is 3.16. The Morgan fingerprint density at radius 2 is 2.00 bits per heavy atom. The Bertz CT molecular complexity index is 459. The molecule has 0 amide bonds. The molecule has 3 aliphatic rings. The van der Waals surface area contributed by atoms with Crippen LogP contribution in [-0.4, -0.2) is 57.8 Å². The van der Waals surface area contributed by atoms with Gasteiger partial charge in [-0.3, -0.25) is 4.18 Å². The van der Waals surface area contributed by atoms with Crippen molar-refractivity contribution in [2.75, 3.05) is 19.5 Å². The van der Waals surface area contributed by atoms with E-state index in [0.717, 1.165) is 6.26 Å². The highest BCUT2D eigenvalue weighted by Crippen LogP contribution is 2.48. The van der Waals surface area contributed by atoms with Crippen molar-refractivity contribution in [2.24, 2.45) is 0 Å². The molecule has 0 radical (unpaired) electrons. The summed E-state index contributed by atoms with van der Waals surface area (Å²) in [4.78, 5) is 0. The molecule has 3 aliphatic heterocycles. The highest BCUT2D eigenvalue weighted by atomic mass is 32.2. The minimum atomic E-state index is -3.52. The molecular formula is C10H16O7S. The zero-order chi connectivity index (χ0) is 13.2. The van der Waals surface area contributed by atoms with Crippen molar-refractivity contribution in [1.82, 2.24) is 0 Å². The number of fused-ring (bicyclic) bond motifs is 2. The van der Waals surface area contributed by atoms with Crippen molar-refractivity contribution < 1.29 is 31.5 Å². The van der Waals surface area contributed by atoms with E-state index in [1.807, 2.05) is 0 Å². The third kappa shape index (κ3) is 2.17. The second-order valence-electron chi connectivity index (χ2n) is 5.27. The van der Waals surface area contributed by atoms with Crippen molar-refractivity contribution in [3.8, 4) is 0 Å².